The molecule has 0 radical (unpaired) electrons. The molecule has 39 heteroatoms. The van der Waals surface area contributed by atoms with Crippen LogP contribution in [0.4, 0.5) is 11.9 Å². The molecule has 796 valence electrons. The molecule has 12 rings (SSSR count). The lowest BCUT2D eigenvalue weighted by Gasteiger charge is -2.47. The second-order valence-corrected chi connectivity index (χ2v) is 42.8. The van der Waals surface area contributed by atoms with Crippen LogP contribution in [0.1, 0.15) is 197 Å². The van der Waals surface area contributed by atoms with Gasteiger partial charge in [-0.1, -0.05) is 137 Å². The first-order chi connectivity index (χ1) is 70.0. The maximum absolute atomic E-state index is 14.0. The van der Waals surface area contributed by atoms with Crippen LogP contribution in [0.25, 0.3) is 22.3 Å². The van der Waals surface area contributed by atoms with Gasteiger partial charge < -0.3 is 75.9 Å². The molecule has 6 heterocycles. The number of aromatic nitrogens is 8. The van der Waals surface area contributed by atoms with Crippen LogP contribution in [-0.4, -0.2) is 261 Å². The number of rotatable bonds is 49. The van der Waals surface area contributed by atoms with E-state index in [9.17, 15) is 39.1 Å². The minimum absolute atomic E-state index is 0.00293. The van der Waals surface area contributed by atoms with Crippen LogP contribution in [0.5, 0.6) is 23.0 Å². The van der Waals surface area contributed by atoms with Crippen LogP contribution >= 0.6 is 16.5 Å². The van der Waals surface area contributed by atoms with Crippen molar-refractivity contribution in [3.63, 3.8) is 0 Å². The molecule has 6 aromatic carbocycles. The summed E-state index contributed by atoms with van der Waals surface area (Å²) in [6.07, 6.45) is -4.77. The van der Waals surface area contributed by atoms with E-state index in [4.69, 9.17) is 76.1 Å². The number of benzene rings is 6. The summed E-state index contributed by atoms with van der Waals surface area (Å²) in [6, 6.07) is 55.5. The smallest absolute Gasteiger partial charge is 0.314 e. The number of aromatic amines is 2. The highest BCUT2D eigenvalue weighted by molar-refractivity contribution is 7.53. The number of nitrogens with one attached hydrogen (secondary N) is 4. The number of hydrogen-bond donors (Lipinski definition) is 5. The van der Waals surface area contributed by atoms with E-state index in [1.165, 1.54) is 17.2 Å². The van der Waals surface area contributed by atoms with Crippen LogP contribution in [0.3, 0.4) is 0 Å². The molecule has 9 atom stereocenters. The third-order valence-corrected chi connectivity index (χ3v) is 30.5. The first kappa shape index (κ1) is 117. The molecule has 2 saturated heterocycles. The molecule has 4 aromatic heterocycles. The van der Waals surface area contributed by atoms with Crippen molar-refractivity contribution >= 4 is 74.5 Å². The zero-order chi connectivity index (χ0) is 108. The van der Waals surface area contributed by atoms with Gasteiger partial charge >= 0.3 is 11.9 Å². The summed E-state index contributed by atoms with van der Waals surface area (Å²) in [7, 11) is 6.86. The molecular formula is C108H147N15O22P2. The predicted octanol–water partition coefficient (Wildman–Crippen LogP) is 16.5. The summed E-state index contributed by atoms with van der Waals surface area (Å²) in [5.74, 6) is 0.370. The number of hydrogen-bond acceptors (Lipinski definition) is 31. The van der Waals surface area contributed by atoms with Crippen molar-refractivity contribution in [1.29, 1.82) is 10.5 Å². The number of carbonyl (C=O) groups excluding carboxylic acids is 4. The van der Waals surface area contributed by atoms with Crippen molar-refractivity contribution in [2.75, 3.05) is 105 Å². The summed E-state index contributed by atoms with van der Waals surface area (Å²) in [4.78, 5) is 102. The summed E-state index contributed by atoms with van der Waals surface area (Å²) in [5, 5.41) is 35.6. The molecule has 147 heavy (non-hydrogen) atoms. The summed E-state index contributed by atoms with van der Waals surface area (Å²) >= 11 is 0. The number of nitrogens with zero attached hydrogens (tertiary/aromatic N) is 11. The molecule has 0 aliphatic carbocycles. The van der Waals surface area contributed by atoms with Crippen molar-refractivity contribution < 1.29 is 95.1 Å². The monoisotopic (exact) mass is 2070 g/mol. The van der Waals surface area contributed by atoms with E-state index in [0.29, 0.717) is 53.3 Å². The minimum Gasteiger partial charge on any atom is -0.497 e. The number of amides is 2. The van der Waals surface area contributed by atoms with E-state index in [1.54, 1.807) is 103 Å². The third-order valence-electron chi connectivity index (χ3n) is 24.5. The molecule has 2 fully saturated rings. The summed E-state index contributed by atoms with van der Waals surface area (Å²) < 4.78 is 103. The fraction of sp³-hybridized carbons (Fsp3) is 0.519. The maximum atomic E-state index is 14.0. The number of methoxy groups -OCH3 is 6. The lowest BCUT2D eigenvalue weighted by molar-refractivity contribution is -0.154. The fourth-order valence-corrected chi connectivity index (χ4v) is 23.1. The first-order valence-corrected chi connectivity index (χ1v) is 52.3. The van der Waals surface area contributed by atoms with Crippen molar-refractivity contribution in [3.8, 4) is 35.1 Å². The Bertz CT molecular complexity index is 5940. The Kier molecular flexibility index (Phi) is 43.1. The standard InChI is InChI=1S/C51H66N7O11P.C38H43N5O9.C19H38N3O2P/c1-32(2)46(60)55-49-54-45-42(47(61)56-49)53-31-57(45)48-44(65-28-27-62-9)43(69-70(58(33(3)4)34(5)6)30-41(59)68-50(7,8)25-26-52)40(67-48)29-66-51(35-15-13-12-14-16-35,36-17-21-38(63-10)22-18-36)37-19-23-39(64-11)24-20-37;1-23(2)34(45)41-37-40-33-30(35(46)42-37)39-22-43(33)36-32(50-20-19-47-3)31(44)29(52-36)21-51-38(24-9-7-6-8-10-24,25-11-15-27(48-4)16-12-25)26-13-17-28(49-5)18-14-26;1-14(2)21(15(3)4)25(22(16(5)6)17(7)8)13-18(23)24-19(9,10)11-12-20/h12-24,31-34,40,43-44,48H,25,27-30H2,1-11H3,(H2,54,55,56,60,61);6-18,22-23,29,31-32,36,44H,19-21H2,1-5H3,(H2,40,41,42,45,46);14-17H,11,13H2,1-10H3/t40-,43?,44?,48-,70?;29-,31?,32?,36-;/m11./s1. The van der Waals surface area contributed by atoms with E-state index >= 15 is 0 Å². The van der Waals surface area contributed by atoms with E-state index < -0.39 is 111 Å². The molecule has 2 amide bonds. The van der Waals surface area contributed by atoms with Crippen molar-refractivity contribution in [1.82, 2.24) is 53.0 Å². The molecular weight excluding hydrogens is 1920 g/mol. The number of aliphatic hydroxyl groups is 1. The van der Waals surface area contributed by atoms with E-state index in [1.807, 2.05) is 185 Å². The third kappa shape index (κ3) is 29.6. The number of anilines is 2. The Hall–Kier alpha value is -11.6. The number of esters is 2. The van der Waals surface area contributed by atoms with Crippen LogP contribution in [0, 0.1) is 34.5 Å². The molecule has 5 N–H and O–H groups in total. The highest BCUT2D eigenvalue weighted by atomic mass is 31.2. The molecule has 0 saturated carbocycles. The van der Waals surface area contributed by atoms with Gasteiger partial charge in [-0.15, -0.1) is 0 Å². The molecule has 5 unspecified atom stereocenters. The van der Waals surface area contributed by atoms with E-state index in [2.05, 4.69) is 122 Å². The number of ether oxygens (including phenoxy) is 14. The zero-order valence-electron chi connectivity index (χ0n) is 89.3. The number of carbonyl (C=O) groups is 4. The van der Waals surface area contributed by atoms with E-state index in [0.717, 1.165) is 33.4 Å². The van der Waals surface area contributed by atoms with Crippen LogP contribution < -0.4 is 40.7 Å². The maximum Gasteiger partial charge on any atom is 0.314 e. The van der Waals surface area contributed by atoms with Gasteiger partial charge in [0.05, 0.1) is 120 Å². The second-order valence-electron chi connectivity index (χ2n) is 39.1. The molecule has 10 aromatic rings. The highest BCUT2D eigenvalue weighted by Crippen LogP contribution is 2.54. The van der Waals surface area contributed by atoms with Gasteiger partial charge in [0, 0.05) is 62.3 Å². The van der Waals surface area contributed by atoms with Gasteiger partial charge in [0.25, 0.3) is 11.1 Å². The molecule has 37 nitrogen and oxygen atoms in total. The predicted molar refractivity (Wildman–Crippen MR) is 562 cm³/mol. The first-order valence-electron chi connectivity index (χ1n) is 49.5. The van der Waals surface area contributed by atoms with E-state index in [-0.39, 0.29) is 129 Å². The molecule has 2 aliphatic rings. The normalized spacial score (nSPS) is 17.4. The molecule has 0 bridgehead atoms. The minimum atomic E-state index is -1.85. The number of nitriles is 2. The van der Waals surface area contributed by atoms with Gasteiger partial charge in [0.2, 0.25) is 23.7 Å². The van der Waals surface area contributed by atoms with Crippen LogP contribution in [0.2, 0.25) is 0 Å². The summed E-state index contributed by atoms with van der Waals surface area (Å²) in [5.41, 5.74) is -0.295. The number of aliphatic hydroxyl groups excluding tert-OH is 1. The van der Waals surface area contributed by atoms with Gasteiger partial charge in [0.15, 0.2) is 34.8 Å². The summed E-state index contributed by atoms with van der Waals surface area (Å²) in [6.45, 7) is 39.9. The van der Waals surface area contributed by atoms with Gasteiger partial charge in [-0.2, -0.15) is 20.5 Å². The number of fused-ring (bicyclic) bond motifs is 2. The lowest BCUT2D eigenvalue weighted by Crippen LogP contribution is -2.45. The molecule has 0 spiro atoms. The number of imidazole rings is 2. The van der Waals surface area contributed by atoms with Crippen molar-refractivity contribution in [3.05, 3.63) is 224 Å². The average molecular weight is 2070 g/mol. The quantitative estimate of drug-likeness (QED) is 0.0102. The Morgan fingerprint density at radius 1 is 0.449 bits per heavy atom. The van der Waals surface area contributed by atoms with Gasteiger partial charge in [-0.3, -0.25) is 72.5 Å². The molecule has 2 aliphatic heterocycles. The topological polar surface area (TPSA) is 435 Å². The van der Waals surface area contributed by atoms with Gasteiger partial charge in [-0.25, -0.2) is 9.97 Å². The van der Waals surface area contributed by atoms with Gasteiger partial charge in [-0.05, 0) is 193 Å². The van der Waals surface area contributed by atoms with Crippen molar-refractivity contribution in [2.24, 2.45) is 11.8 Å². The number of H-pyrrole nitrogens is 2. The Balaban J connectivity index is 0.000000251. The average Bonchev–Trinajstić information content (AvgIpc) is 1.72. The van der Waals surface area contributed by atoms with Gasteiger partial charge in [0.1, 0.15) is 96.5 Å². The van der Waals surface area contributed by atoms with Crippen molar-refractivity contribution in [2.45, 2.75) is 259 Å². The Morgan fingerprint density at radius 3 is 1.11 bits per heavy atom. The Morgan fingerprint density at radius 2 is 0.776 bits per heavy atom. The lowest BCUT2D eigenvalue weighted by atomic mass is 9.80. The highest BCUT2D eigenvalue weighted by Gasteiger charge is 2.54. The SMILES string of the molecule is CC(C)N(C(C)C)P(CC(=O)OC(C)(C)CC#N)N(C(C)C)C(C)C.COCCOC1C(O)[C@@H](COC(c2ccccc2)(c2ccc(OC)cc2)c2ccc(OC)cc2)O[C@H]1n1cnc2c(=O)[nH]c(NC(=O)C(C)C)nc21.COCCOC1C(OP(CC(=O)OC(C)(C)CC#N)N(C(C)C)C(C)C)[C@@H](COC(c2ccccc2)(c2ccc(OC)cc2)c2ccc(OC)cc2)O[C@H]1n1cnc2c(=O)[nH]c(NC(=O)C(C)C)nc21. The second kappa shape index (κ2) is 54.0. The zero-order valence-corrected chi connectivity index (χ0v) is 91.1. The largest absolute Gasteiger partial charge is 0.497 e. The fourth-order valence-electron chi connectivity index (χ4n) is 17.9. The van der Waals surface area contributed by atoms with Crippen LogP contribution in [0.15, 0.2) is 180 Å². The van der Waals surface area contributed by atoms with Crippen LogP contribution in [-0.2, 0) is 82.3 Å². The Labute approximate surface area is 864 Å².